The van der Waals surface area contributed by atoms with Crippen molar-refractivity contribution in [2.75, 3.05) is 23.8 Å². The number of carbonyl (C=O) groups is 1. The molecule has 1 aliphatic carbocycles. The quantitative estimate of drug-likeness (QED) is 0.302. The predicted octanol–water partition coefficient (Wildman–Crippen LogP) is 4.04. The molecule has 5 rings (SSSR count). The number of nitrogens with zero attached hydrogens (tertiary/aromatic N) is 3. The number of amides is 1. The van der Waals surface area contributed by atoms with Crippen molar-refractivity contribution in [2.24, 2.45) is 0 Å². The largest absolute Gasteiger partial charge is 0.395 e. The lowest BCUT2D eigenvalue weighted by Crippen LogP contribution is -2.38. The molecule has 1 fully saturated rings. The SMILES string of the molecule is CC(C)NC(=O)c1cnc(Nc2ccc3c(c2)CNCC3(C)C)nc1Nc1nc(C2(CO)CC2)ccc1F. The van der Waals surface area contributed by atoms with Crippen LogP contribution in [0, 0.1) is 5.82 Å². The smallest absolute Gasteiger partial charge is 0.256 e. The summed E-state index contributed by atoms with van der Waals surface area (Å²) in [6, 6.07) is 8.96. The second-order valence-corrected chi connectivity index (χ2v) is 11.2. The van der Waals surface area contributed by atoms with Gasteiger partial charge in [-0.15, -0.1) is 0 Å². The number of aliphatic hydroxyl groups excluding tert-OH is 1. The zero-order valence-electron chi connectivity index (χ0n) is 22.2. The summed E-state index contributed by atoms with van der Waals surface area (Å²) in [4.78, 5) is 26.3. The molecule has 0 spiro atoms. The Bertz CT molecular complexity index is 1370. The zero-order valence-corrected chi connectivity index (χ0v) is 22.2. The number of hydrogen-bond donors (Lipinski definition) is 5. The Labute approximate surface area is 221 Å². The van der Waals surface area contributed by atoms with Crippen molar-refractivity contribution in [3.63, 3.8) is 0 Å². The van der Waals surface area contributed by atoms with Crippen molar-refractivity contribution >= 4 is 29.2 Å². The minimum absolute atomic E-state index is 0.0335. The standard InChI is InChI=1S/C28H34FN7O2/c1-16(2)32-25(38)19-13-31-26(33-18-5-6-20-17(11-18)12-30-14-27(20,3)4)36-23(19)35-24-21(29)7-8-22(34-24)28(15-37)9-10-28/h5-8,11,13,16,30,37H,9-10,12,14-15H2,1-4H3,(H,32,38)(H2,31,33,34,35,36). The molecule has 2 aromatic heterocycles. The van der Waals surface area contributed by atoms with E-state index in [1.807, 2.05) is 19.9 Å². The maximum atomic E-state index is 14.8. The van der Waals surface area contributed by atoms with Gasteiger partial charge < -0.3 is 26.4 Å². The molecule has 0 saturated heterocycles. The van der Waals surface area contributed by atoms with Crippen molar-refractivity contribution in [3.8, 4) is 0 Å². The predicted molar refractivity (Wildman–Crippen MR) is 145 cm³/mol. The molecule has 5 N–H and O–H groups in total. The molecule has 0 unspecified atom stereocenters. The summed E-state index contributed by atoms with van der Waals surface area (Å²) in [7, 11) is 0. The van der Waals surface area contributed by atoms with Crippen molar-refractivity contribution in [3.05, 3.63) is 64.7 Å². The Hall–Kier alpha value is -3.63. The molecule has 2 aliphatic rings. The Morgan fingerprint density at radius 1 is 1.13 bits per heavy atom. The zero-order chi connectivity index (χ0) is 27.1. The topological polar surface area (TPSA) is 124 Å². The lowest BCUT2D eigenvalue weighted by molar-refractivity contribution is 0.0943. The van der Waals surface area contributed by atoms with Crippen LogP contribution in [-0.2, 0) is 17.4 Å². The summed E-state index contributed by atoms with van der Waals surface area (Å²) in [6.07, 6.45) is 2.99. The first-order valence-electron chi connectivity index (χ1n) is 12.9. The minimum Gasteiger partial charge on any atom is -0.395 e. The number of rotatable bonds is 8. The molecule has 38 heavy (non-hydrogen) atoms. The highest BCUT2D eigenvalue weighted by atomic mass is 19.1. The van der Waals surface area contributed by atoms with Crippen molar-refractivity contribution in [1.29, 1.82) is 0 Å². The highest BCUT2D eigenvalue weighted by Gasteiger charge is 2.45. The normalized spacial score (nSPS) is 17.0. The molecular weight excluding hydrogens is 485 g/mol. The first-order valence-corrected chi connectivity index (χ1v) is 12.9. The van der Waals surface area contributed by atoms with Crippen LogP contribution in [0.2, 0.25) is 0 Å². The van der Waals surface area contributed by atoms with Crippen molar-refractivity contribution in [1.82, 2.24) is 25.6 Å². The van der Waals surface area contributed by atoms with Crippen LogP contribution in [0.3, 0.4) is 0 Å². The number of benzene rings is 1. The van der Waals surface area contributed by atoms with Crippen LogP contribution in [0.15, 0.2) is 36.5 Å². The third-order valence-corrected chi connectivity index (χ3v) is 7.21. The number of pyridine rings is 1. The van der Waals surface area contributed by atoms with E-state index in [-0.39, 0.29) is 47.1 Å². The van der Waals surface area contributed by atoms with Crippen LogP contribution in [0.5, 0.6) is 0 Å². The Balaban J connectivity index is 1.47. The van der Waals surface area contributed by atoms with Crippen LogP contribution < -0.4 is 21.3 Å². The summed E-state index contributed by atoms with van der Waals surface area (Å²) >= 11 is 0. The minimum atomic E-state index is -0.587. The number of hydrogen-bond acceptors (Lipinski definition) is 8. The van der Waals surface area contributed by atoms with E-state index in [4.69, 9.17) is 0 Å². The van der Waals surface area contributed by atoms with Gasteiger partial charge in [0.25, 0.3) is 5.91 Å². The van der Waals surface area contributed by atoms with Crippen LogP contribution in [0.4, 0.5) is 27.7 Å². The number of aliphatic hydroxyl groups is 1. The van der Waals surface area contributed by atoms with Gasteiger partial charge in [0.15, 0.2) is 11.6 Å². The maximum absolute atomic E-state index is 14.8. The van der Waals surface area contributed by atoms with Crippen LogP contribution in [0.25, 0.3) is 0 Å². The summed E-state index contributed by atoms with van der Waals surface area (Å²) in [5.74, 6) is -0.661. The molecule has 1 aliphatic heterocycles. The van der Waals surface area contributed by atoms with E-state index >= 15 is 0 Å². The molecule has 0 radical (unpaired) electrons. The van der Waals surface area contributed by atoms with Crippen LogP contribution in [-0.4, -0.2) is 45.2 Å². The van der Waals surface area contributed by atoms with Crippen molar-refractivity contribution in [2.45, 2.75) is 64.0 Å². The van der Waals surface area contributed by atoms with Gasteiger partial charge in [0, 0.05) is 41.8 Å². The van der Waals surface area contributed by atoms with E-state index < -0.39 is 11.2 Å². The average molecular weight is 520 g/mol. The molecule has 1 aromatic carbocycles. The molecule has 3 aromatic rings. The van der Waals surface area contributed by atoms with E-state index in [1.165, 1.54) is 23.4 Å². The van der Waals surface area contributed by atoms with Gasteiger partial charge in [-0.2, -0.15) is 4.98 Å². The summed E-state index contributed by atoms with van der Waals surface area (Å²) in [5, 5.41) is 22.2. The van der Waals surface area contributed by atoms with E-state index in [2.05, 4.69) is 62.2 Å². The number of carbonyl (C=O) groups excluding carboxylic acids is 1. The second kappa shape index (κ2) is 9.92. The third kappa shape index (κ3) is 5.19. The fourth-order valence-electron chi connectivity index (χ4n) is 4.84. The first-order chi connectivity index (χ1) is 18.1. The average Bonchev–Trinajstić information content (AvgIpc) is 3.66. The van der Waals surface area contributed by atoms with E-state index in [1.54, 1.807) is 6.07 Å². The first kappa shape index (κ1) is 26.0. The highest BCUT2D eigenvalue weighted by Crippen LogP contribution is 2.47. The number of fused-ring (bicyclic) bond motifs is 1. The number of nitrogens with one attached hydrogen (secondary N) is 4. The number of halogens is 1. The molecule has 9 nitrogen and oxygen atoms in total. The van der Waals surface area contributed by atoms with Crippen molar-refractivity contribution < 1.29 is 14.3 Å². The van der Waals surface area contributed by atoms with Gasteiger partial charge in [-0.05, 0) is 62.1 Å². The molecule has 1 amide bonds. The van der Waals surface area contributed by atoms with Gasteiger partial charge in [0.2, 0.25) is 5.95 Å². The Kier molecular flexibility index (Phi) is 6.79. The molecule has 0 atom stereocenters. The van der Waals surface area contributed by atoms with E-state index in [0.29, 0.717) is 5.69 Å². The van der Waals surface area contributed by atoms with E-state index in [9.17, 15) is 14.3 Å². The monoisotopic (exact) mass is 519 g/mol. The van der Waals surface area contributed by atoms with Gasteiger partial charge in [-0.1, -0.05) is 19.9 Å². The fraction of sp³-hybridized carbons (Fsp3) is 0.429. The van der Waals surface area contributed by atoms with Crippen LogP contribution >= 0.6 is 0 Å². The lowest BCUT2D eigenvalue weighted by atomic mass is 9.79. The maximum Gasteiger partial charge on any atom is 0.256 e. The summed E-state index contributed by atoms with van der Waals surface area (Å²) in [6.45, 7) is 9.75. The fourth-order valence-corrected chi connectivity index (χ4v) is 4.84. The summed E-state index contributed by atoms with van der Waals surface area (Å²) < 4.78 is 14.8. The molecule has 0 bridgehead atoms. The van der Waals surface area contributed by atoms with Gasteiger partial charge in [0.05, 0.1) is 12.3 Å². The van der Waals surface area contributed by atoms with E-state index in [0.717, 1.165) is 31.6 Å². The Morgan fingerprint density at radius 2 is 1.92 bits per heavy atom. The lowest BCUT2D eigenvalue weighted by Gasteiger charge is -2.33. The molecule has 10 heteroatoms. The number of anilines is 4. The number of aromatic nitrogens is 3. The molecule has 200 valence electrons. The molecule has 1 saturated carbocycles. The van der Waals surface area contributed by atoms with Gasteiger partial charge in [0.1, 0.15) is 11.4 Å². The molecule has 3 heterocycles. The Morgan fingerprint density at radius 3 is 2.63 bits per heavy atom. The van der Waals surface area contributed by atoms with Crippen LogP contribution in [0.1, 0.15) is 67.7 Å². The second-order valence-electron chi connectivity index (χ2n) is 11.2. The van der Waals surface area contributed by atoms with Gasteiger partial charge in [-0.25, -0.2) is 14.4 Å². The summed E-state index contributed by atoms with van der Waals surface area (Å²) in [5.41, 5.74) is 3.66. The van der Waals surface area contributed by atoms with Gasteiger partial charge >= 0.3 is 0 Å². The van der Waals surface area contributed by atoms with Gasteiger partial charge in [-0.3, -0.25) is 4.79 Å². The third-order valence-electron chi connectivity index (χ3n) is 7.21. The molecular formula is C28H34FN7O2. The highest BCUT2D eigenvalue weighted by molar-refractivity contribution is 5.99.